The Morgan fingerprint density at radius 3 is 2.62 bits per heavy atom. The van der Waals surface area contributed by atoms with Gasteiger partial charge in [0, 0.05) is 25.0 Å². The van der Waals surface area contributed by atoms with Crippen LogP contribution in [-0.4, -0.2) is 30.5 Å². The number of rotatable bonds is 4. The first-order chi connectivity index (χ1) is 13.6. The Bertz CT molecular complexity index is 1250. The van der Waals surface area contributed by atoms with E-state index >= 15 is 0 Å². The lowest BCUT2D eigenvalue weighted by Gasteiger charge is -2.19. The van der Waals surface area contributed by atoms with Crippen molar-refractivity contribution < 1.29 is 17.6 Å². The Morgan fingerprint density at radius 1 is 1.17 bits per heavy atom. The van der Waals surface area contributed by atoms with Gasteiger partial charge in [-0.2, -0.15) is 0 Å². The Morgan fingerprint density at radius 2 is 1.90 bits per heavy atom. The van der Waals surface area contributed by atoms with Crippen LogP contribution in [-0.2, 0) is 27.7 Å². The summed E-state index contributed by atoms with van der Waals surface area (Å²) >= 11 is 0. The minimum Gasteiger partial charge on any atom is -0.341 e. The number of carbonyl (C=O) groups excluding carboxylic acids is 1. The van der Waals surface area contributed by atoms with Gasteiger partial charge in [0.1, 0.15) is 21.9 Å². The maximum absolute atomic E-state index is 14.2. The van der Waals surface area contributed by atoms with E-state index in [2.05, 4.69) is 20.6 Å². The summed E-state index contributed by atoms with van der Waals surface area (Å²) in [5.41, 5.74) is 3.39. The smallest absolute Gasteiger partial charge is 0.258 e. The molecule has 0 saturated carbocycles. The van der Waals surface area contributed by atoms with Crippen molar-refractivity contribution in [2.75, 3.05) is 11.6 Å². The molecule has 0 atom stereocenters. The fraction of sp³-hybridized carbons (Fsp3) is 0.300. The highest BCUT2D eigenvalue weighted by molar-refractivity contribution is 7.91. The first-order valence-electron chi connectivity index (χ1n) is 9.09. The number of hydrogen-bond donors (Lipinski definition) is 3. The summed E-state index contributed by atoms with van der Waals surface area (Å²) in [6.45, 7) is 4.54. The molecule has 0 aliphatic carbocycles. The molecule has 1 aromatic heterocycles. The molecule has 0 saturated heterocycles. The molecule has 1 aliphatic heterocycles. The largest absolute Gasteiger partial charge is 0.341 e. The molecule has 3 aromatic rings. The van der Waals surface area contributed by atoms with Crippen LogP contribution in [0.15, 0.2) is 30.3 Å². The molecule has 3 N–H and O–H groups in total. The highest BCUT2D eigenvalue weighted by atomic mass is 32.2. The number of anilines is 1. The van der Waals surface area contributed by atoms with Crippen molar-refractivity contribution in [2.45, 2.75) is 31.7 Å². The van der Waals surface area contributed by atoms with Gasteiger partial charge in [-0.3, -0.25) is 4.79 Å². The van der Waals surface area contributed by atoms with Crippen molar-refractivity contribution in [2.24, 2.45) is 0 Å². The molecule has 0 unspecified atom stereocenters. The van der Waals surface area contributed by atoms with Gasteiger partial charge in [0.15, 0.2) is 9.84 Å². The van der Waals surface area contributed by atoms with Crippen molar-refractivity contribution in [1.82, 2.24) is 15.3 Å². The van der Waals surface area contributed by atoms with Gasteiger partial charge in [-0.1, -0.05) is 6.07 Å². The van der Waals surface area contributed by atoms with E-state index in [1.807, 2.05) is 12.1 Å². The highest BCUT2D eigenvalue weighted by Gasteiger charge is 2.36. The SMILES string of the molecule is CC(C)(c1nc2c(C(=O)Nc3ccc4c(c3)CNC4)cc(F)cc2[nH]1)S(C)(=O)=O. The summed E-state index contributed by atoms with van der Waals surface area (Å²) in [6, 6.07) is 7.91. The van der Waals surface area contributed by atoms with Crippen LogP contribution in [0.3, 0.4) is 0 Å². The fourth-order valence-electron chi connectivity index (χ4n) is 3.29. The van der Waals surface area contributed by atoms with Crippen molar-refractivity contribution >= 4 is 32.5 Å². The summed E-state index contributed by atoms with van der Waals surface area (Å²) in [5.74, 6) is -0.984. The predicted octanol–water partition coefficient (Wildman–Crippen LogP) is 2.84. The van der Waals surface area contributed by atoms with Crippen LogP contribution >= 0.6 is 0 Å². The number of nitrogens with one attached hydrogen (secondary N) is 3. The number of aromatic amines is 1. The van der Waals surface area contributed by atoms with Crippen molar-refractivity contribution in [3.63, 3.8) is 0 Å². The van der Waals surface area contributed by atoms with E-state index in [4.69, 9.17) is 0 Å². The molecule has 0 spiro atoms. The average molecular weight is 416 g/mol. The summed E-state index contributed by atoms with van der Waals surface area (Å²) in [6.07, 6.45) is 1.11. The number of imidazole rings is 1. The number of fused-ring (bicyclic) bond motifs is 2. The minimum absolute atomic E-state index is 0.0328. The zero-order valence-corrected chi connectivity index (χ0v) is 17.1. The van der Waals surface area contributed by atoms with Crippen LogP contribution in [0.5, 0.6) is 0 Å². The predicted molar refractivity (Wildman–Crippen MR) is 109 cm³/mol. The molecule has 1 aliphatic rings. The molecule has 29 heavy (non-hydrogen) atoms. The van der Waals surface area contributed by atoms with Gasteiger partial charge in [0.2, 0.25) is 0 Å². The van der Waals surface area contributed by atoms with Gasteiger partial charge in [0.05, 0.1) is 11.1 Å². The normalized spacial score (nSPS) is 14.2. The van der Waals surface area contributed by atoms with Crippen LogP contribution in [0, 0.1) is 5.82 Å². The highest BCUT2D eigenvalue weighted by Crippen LogP contribution is 2.30. The Labute approximate surface area is 167 Å². The van der Waals surface area contributed by atoms with Gasteiger partial charge in [-0.25, -0.2) is 17.8 Å². The molecule has 0 bridgehead atoms. The Hall–Kier alpha value is -2.78. The van der Waals surface area contributed by atoms with Gasteiger partial charge in [0.25, 0.3) is 5.91 Å². The number of halogens is 1. The maximum atomic E-state index is 14.2. The summed E-state index contributed by atoms with van der Waals surface area (Å²) in [5, 5.41) is 6.02. The molecular formula is C20H21FN4O3S. The molecule has 1 amide bonds. The molecular weight excluding hydrogens is 395 g/mol. The van der Waals surface area contributed by atoms with E-state index < -0.39 is 26.3 Å². The van der Waals surface area contributed by atoms with Gasteiger partial charge in [-0.15, -0.1) is 0 Å². The molecule has 2 aromatic carbocycles. The number of hydrogen-bond acceptors (Lipinski definition) is 5. The van der Waals surface area contributed by atoms with Crippen molar-refractivity contribution in [3.8, 4) is 0 Å². The monoisotopic (exact) mass is 416 g/mol. The van der Waals surface area contributed by atoms with E-state index in [-0.39, 0.29) is 22.4 Å². The lowest BCUT2D eigenvalue weighted by atomic mass is 10.1. The molecule has 7 nitrogen and oxygen atoms in total. The number of amides is 1. The standard InChI is InChI=1S/C20H21FN4O3S/c1-20(2,29(3,27)28)19-24-16-8-13(21)7-15(17(16)25-19)18(26)23-14-5-4-11-9-22-10-12(11)6-14/h4-8,22H,9-10H2,1-3H3,(H,23,26)(H,24,25). The number of H-pyrrole nitrogens is 1. The molecule has 2 heterocycles. The van der Waals surface area contributed by atoms with E-state index in [1.165, 1.54) is 25.5 Å². The lowest BCUT2D eigenvalue weighted by Crippen LogP contribution is -2.29. The van der Waals surface area contributed by atoms with Crippen LogP contribution in [0.1, 0.15) is 41.2 Å². The topological polar surface area (TPSA) is 104 Å². The second-order valence-electron chi connectivity index (χ2n) is 7.76. The number of carbonyl (C=O) groups is 1. The van der Waals surface area contributed by atoms with Crippen LogP contribution in [0.25, 0.3) is 11.0 Å². The summed E-state index contributed by atoms with van der Waals surface area (Å²) < 4.78 is 37.1. The van der Waals surface area contributed by atoms with E-state index in [9.17, 15) is 17.6 Å². The second kappa shape index (κ2) is 6.64. The molecule has 0 fully saturated rings. The zero-order valence-electron chi connectivity index (χ0n) is 16.3. The number of benzene rings is 2. The molecule has 0 radical (unpaired) electrons. The minimum atomic E-state index is -3.49. The van der Waals surface area contributed by atoms with Crippen LogP contribution < -0.4 is 10.6 Å². The number of nitrogens with zero attached hydrogens (tertiary/aromatic N) is 1. The Balaban J connectivity index is 1.74. The van der Waals surface area contributed by atoms with Gasteiger partial charge in [-0.05, 0) is 49.2 Å². The number of sulfone groups is 1. The quantitative estimate of drug-likeness (QED) is 0.607. The van der Waals surface area contributed by atoms with Gasteiger partial charge < -0.3 is 15.6 Å². The summed E-state index contributed by atoms with van der Waals surface area (Å²) in [4.78, 5) is 20.1. The average Bonchev–Trinajstić information content (AvgIpc) is 3.26. The van der Waals surface area contributed by atoms with E-state index in [0.29, 0.717) is 5.69 Å². The zero-order chi connectivity index (χ0) is 21.0. The van der Waals surface area contributed by atoms with Gasteiger partial charge >= 0.3 is 0 Å². The number of aromatic nitrogens is 2. The van der Waals surface area contributed by atoms with Crippen LogP contribution in [0.2, 0.25) is 0 Å². The lowest BCUT2D eigenvalue weighted by molar-refractivity contribution is 0.102. The Kier molecular flexibility index (Phi) is 4.47. The first kappa shape index (κ1) is 19.5. The van der Waals surface area contributed by atoms with Crippen molar-refractivity contribution in [3.05, 3.63) is 58.7 Å². The molecule has 9 heteroatoms. The second-order valence-corrected chi connectivity index (χ2v) is 10.3. The third-order valence-electron chi connectivity index (χ3n) is 5.39. The van der Waals surface area contributed by atoms with E-state index in [0.717, 1.165) is 31.0 Å². The third-order valence-corrected chi connectivity index (χ3v) is 7.44. The first-order valence-corrected chi connectivity index (χ1v) is 11.0. The van der Waals surface area contributed by atoms with Crippen molar-refractivity contribution in [1.29, 1.82) is 0 Å². The van der Waals surface area contributed by atoms with Crippen LogP contribution in [0.4, 0.5) is 10.1 Å². The third kappa shape index (κ3) is 3.40. The molecule has 4 rings (SSSR count). The molecule has 152 valence electrons. The fourth-order valence-corrected chi connectivity index (χ4v) is 3.73. The summed E-state index contributed by atoms with van der Waals surface area (Å²) in [7, 11) is -3.49. The van der Waals surface area contributed by atoms with E-state index in [1.54, 1.807) is 6.07 Å². The maximum Gasteiger partial charge on any atom is 0.258 e.